The number of rotatable bonds is 9. The number of anilines is 1. The van der Waals surface area contributed by atoms with E-state index in [-0.39, 0.29) is 11.8 Å². The first kappa shape index (κ1) is 24.5. The molecule has 1 aromatic heterocycles. The van der Waals surface area contributed by atoms with E-state index in [0.29, 0.717) is 5.13 Å². The van der Waals surface area contributed by atoms with Crippen LogP contribution in [0.1, 0.15) is 78.5 Å². The van der Waals surface area contributed by atoms with Gasteiger partial charge in [-0.3, -0.25) is 9.59 Å². The molecule has 0 aliphatic rings. The van der Waals surface area contributed by atoms with Gasteiger partial charge in [0.1, 0.15) is 12.1 Å². The molecule has 0 aliphatic carbocycles. The number of hydrogen-bond donors (Lipinski definition) is 4. The molecule has 0 fully saturated rings. The van der Waals surface area contributed by atoms with Crippen molar-refractivity contribution in [1.29, 1.82) is 0 Å². The van der Waals surface area contributed by atoms with Crippen LogP contribution in [0.5, 0.6) is 0 Å². The first-order valence-corrected chi connectivity index (χ1v) is 10.5. The molecule has 3 atom stereocenters. The number of thiazole rings is 1. The molecule has 0 spiro atoms. The fourth-order valence-corrected chi connectivity index (χ4v) is 3.42. The third kappa shape index (κ3) is 8.24. The van der Waals surface area contributed by atoms with E-state index in [0.717, 1.165) is 24.1 Å². The van der Waals surface area contributed by atoms with Crippen LogP contribution in [0.15, 0.2) is 6.20 Å². The average molecular weight is 414 g/mol. The molecule has 4 N–H and O–H groups in total. The standard InChI is InChI=1S/C20H35N3O4S/c1-12(9-8-10-20(6,7)27)14-11-21-18(28-14)23-16(25)13(2)22-17(26)15(24)19(3,4)5/h11-13,15,24,27H,8-10H2,1-7H3,(H,22,26)(H,21,23,25)/t12?,13-,15?/m0/s1. The number of aliphatic hydroxyl groups excluding tert-OH is 1. The largest absolute Gasteiger partial charge is 0.390 e. The number of carbonyl (C=O) groups is 2. The van der Waals surface area contributed by atoms with Crippen LogP contribution in [0.2, 0.25) is 0 Å². The molecule has 2 unspecified atom stereocenters. The van der Waals surface area contributed by atoms with E-state index in [1.165, 1.54) is 11.3 Å². The van der Waals surface area contributed by atoms with Gasteiger partial charge in [0.15, 0.2) is 5.13 Å². The fourth-order valence-electron chi connectivity index (χ4n) is 2.52. The summed E-state index contributed by atoms with van der Waals surface area (Å²) in [5, 5.41) is 25.5. The highest BCUT2D eigenvalue weighted by atomic mass is 32.1. The average Bonchev–Trinajstić information content (AvgIpc) is 3.00. The van der Waals surface area contributed by atoms with Crippen LogP contribution < -0.4 is 10.6 Å². The van der Waals surface area contributed by atoms with Gasteiger partial charge in [0.05, 0.1) is 5.60 Å². The molecule has 28 heavy (non-hydrogen) atoms. The molecular formula is C20H35N3O4S. The summed E-state index contributed by atoms with van der Waals surface area (Å²) in [4.78, 5) is 29.7. The first-order chi connectivity index (χ1) is 12.7. The molecule has 0 saturated heterocycles. The van der Waals surface area contributed by atoms with Gasteiger partial charge in [-0.1, -0.05) is 27.7 Å². The Morgan fingerprint density at radius 3 is 2.32 bits per heavy atom. The summed E-state index contributed by atoms with van der Waals surface area (Å²) in [6, 6.07) is -0.791. The molecule has 7 nitrogen and oxygen atoms in total. The van der Waals surface area contributed by atoms with Crippen LogP contribution >= 0.6 is 11.3 Å². The highest BCUT2D eigenvalue weighted by Gasteiger charge is 2.30. The van der Waals surface area contributed by atoms with Crippen LogP contribution in [0, 0.1) is 5.41 Å². The van der Waals surface area contributed by atoms with E-state index in [2.05, 4.69) is 22.5 Å². The molecule has 0 radical (unpaired) electrons. The zero-order chi connectivity index (χ0) is 21.7. The summed E-state index contributed by atoms with van der Waals surface area (Å²) in [6.07, 6.45) is 3.12. The smallest absolute Gasteiger partial charge is 0.250 e. The highest BCUT2D eigenvalue weighted by Crippen LogP contribution is 2.30. The minimum atomic E-state index is -1.20. The van der Waals surface area contributed by atoms with Gasteiger partial charge in [0.2, 0.25) is 11.8 Å². The fraction of sp³-hybridized carbons (Fsp3) is 0.750. The Balaban J connectivity index is 2.55. The van der Waals surface area contributed by atoms with Crippen molar-refractivity contribution in [3.8, 4) is 0 Å². The SMILES string of the molecule is CC(CCCC(C)(C)O)c1cnc(NC(=O)[C@H](C)NC(=O)C(O)C(C)(C)C)s1. The monoisotopic (exact) mass is 413 g/mol. The molecule has 8 heteroatoms. The van der Waals surface area contributed by atoms with Crippen LogP contribution in [0.25, 0.3) is 0 Å². The summed E-state index contributed by atoms with van der Waals surface area (Å²) in [7, 11) is 0. The molecule has 1 aromatic rings. The molecular weight excluding hydrogens is 378 g/mol. The highest BCUT2D eigenvalue weighted by molar-refractivity contribution is 7.15. The lowest BCUT2D eigenvalue weighted by atomic mass is 9.88. The maximum Gasteiger partial charge on any atom is 0.250 e. The lowest BCUT2D eigenvalue weighted by Gasteiger charge is -2.26. The Morgan fingerprint density at radius 2 is 1.79 bits per heavy atom. The molecule has 1 rings (SSSR count). The maximum atomic E-state index is 12.3. The second kappa shape index (κ2) is 9.80. The number of aromatic nitrogens is 1. The van der Waals surface area contributed by atoms with Crippen LogP contribution in [0.3, 0.4) is 0 Å². The maximum absolute atomic E-state index is 12.3. The van der Waals surface area contributed by atoms with Crippen molar-refractivity contribution in [2.75, 3.05) is 5.32 Å². The van der Waals surface area contributed by atoms with E-state index >= 15 is 0 Å². The number of carbonyl (C=O) groups excluding carboxylic acids is 2. The van der Waals surface area contributed by atoms with Crippen molar-refractivity contribution in [2.45, 2.75) is 91.4 Å². The third-order valence-electron chi connectivity index (χ3n) is 4.49. The zero-order valence-corrected chi connectivity index (χ0v) is 18.8. The lowest BCUT2D eigenvalue weighted by molar-refractivity contribution is -0.137. The minimum absolute atomic E-state index is 0.282. The molecule has 0 aliphatic heterocycles. The van der Waals surface area contributed by atoms with Gasteiger partial charge in [-0.15, -0.1) is 11.3 Å². The van der Waals surface area contributed by atoms with Crippen LogP contribution in [-0.4, -0.2) is 44.8 Å². The van der Waals surface area contributed by atoms with Crippen molar-refractivity contribution in [3.63, 3.8) is 0 Å². The molecule has 0 bridgehead atoms. The summed E-state index contributed by atoms with van der Waals surface area (Å²) < 4.78 is 0. The summed E-state index contributed by atoms with van der Waals surface area (Å²) in [5.74, 6) is -0.676. The van der Waals surface area contributed by atoms with Gasteiger partial charge in [-0.25, -0.2) is 4.98 Å². The van der Waals surface area contributed by atoms with Gasteiger partial charge < -0.3 is 20.8 Å². The van der Waals surface area contributed by atoms with Gasteiger partial charge in [-0.05, 0) is 51.4 Å². The van der Waals surface area contributed by atoms with E-state index < -0.39 is 29.1 Å². The van der Waals surface area contributed by atoms with Gasteiger partial charge >= 0.3 is 0 Å². The quantitative estimate of drug-likeness (QED) is 0.497. The number of nitrogens with zero attached hydrogens (tertiary/aromatic N) is 1. The Hall–Kier alpha value is -1.51. The minimum Gasteiger partial charge on any atom is -0.390 e. The summed E-state index contributed by atoms with van der Waals surface area (Å²) >= 11 is 1.41. The normalized spacial score (nSPS) is 15.6. The molecule has 0 aromatic carbocycles. The number of hydrogen-bond acceptors (Lipinski definition) is 6. The first-order valence-electron chi connectivity index (χ1n) is 9.68. The van der Waals surface area contributed by atoms with Crippen LogP contribution in [0.4, 0.5) is 5.13 Å². The molecule has 1 heterocycles. The lowest BCUT2D eigenvalue weighted by Crippen LogP contribution is -2.49. The molecule has 0 saturated carbocycles. The Labute approximate surface area is 172 Å². The zero-order valence-electron chi connectivity index (χ0n) is 18.0. The number of amides is 2. The Morgan fingerprint density at radius 1 is 1.18 bits per heavy atom. The molecule has 2 amide bonds. The molecule has 160 valence electrons. The van der Waals surface area contributed by atoms with Crippen molar-refractivity contribution in [2.24, 2.45) is 5.41 Å². The van der Waals surface area contributed by atoms with Crippen molar-refractivity contribution in [3.05, 3.63) is 11.1 Å². The van der Waals surface area contributed by atoms with Gasteiger partial charge in [-0.2, -0.15) is 0 Å². The van der Waals surface area contributed by atoms with Gasteiger partial charge in [0.25, 0.3) is 0 Å². The van der Waals surface area contributed by atoms with Gasteiger partial charge in [0, 0.05) is 11.1 Å². The summed E-state index contributed by atoms with van der Waals surface area (Å²) in [6.45, 7) is 12.5. The predicted molar refractivity (Wildman–Crippen MR) is 112 cm³/mol. The van der Waals surface area contributed by atoms with Crippen molar-refractivity contribution < 1.29 is 19.8 Å². The second-order valence-electron chi connectivity index (χ2n) is 9.16. The third-order valence-corrected chi connectivity index (χ3v) is 5.63. The van der Waals surface area contributed by atoms with Crippen molar-refractivity contribution in [1.82, 2.24) is 10.3 Å². The van der Waals surface area contributed by atoms with E-state index in [4.69, 9.17) is 0 Å². The number of nitrogens with one attached hydrogen (secondary N) is 2. The van der Waals surface area contributed by atoms with E-state index in [1.54, 1.807) is 47.7 Å². The number of aliphatic hydroxyl groups is 2. The van der Waals surface area contributed by atoms with E-state index in [9.17, 15) is 19.8 Å². The summed E-state index contributed by atoms with van der Waals surface area (Å²) in [5.41, 5.74) is -1.26. The topological polar surface area (TPSA) is 112 Å². The Kier molecular flexibility index (Phi) is 8.59. The van der Waals surface area contributed by atoms with E-state index in [1.807, 2.05) is 0 Å². The predicted octanol–water partition coefficient (Wildman–Crippen LogP) is 3.04. The van der Waals surface area contributed by atoms with Crippen LogP contribution in [-0.2, 0) is 9.59 Å². The second-order valence-corrected chi connectivity index (χ2v) is 10.2. The Bertz CT molecular complexity index is 661. The van der Waals surface area contributed by atoms with Crippen molar-refractivity contribution >= 4 is 28.3 Å².